The van der Waals surface area contributed by atoms with Crippen molar-refractivity contribution in [3.63, 3.8) is 0 Å². The molecule has 1 saturated heterocycles. The van der Waals surface area contributed by atoms with E-state index < -0.39 is 0 Å². The third-order valence-corrected chi connectivity index (χ3v) is 5.81. The van der Waals surface area contributed by atoms with Gasteiger partial charge in [-0.2, -0.15) is 0 Å². The number of hydrogen-bond donors (Lipinski definition) is 1. The fourth-order valence-electron chi connectivity index (χ4n) is 4.08. The first kappa shape index (κ1) is 17.0. The van der Waals surface area contributed by atoms with Crippen molar-refractivity contribution in [1.82, 2.24) is 10.2 Å². The van der Waals surface area contributed by atoms with Gasteiger partial charge in [-0.15, -0.1) is 0 Å². The van der Waals surface area contributed by atoms with Gasteiger partial charge in [-0.1, -0.05) is 25.3 Å². The minimum Gasteiger partial charge on any atom is -0.343 e. The molecule has 1 saturated carbocycles. The van der Waals surface area contributed by atoms with Gasteiger partial charge in [0.25, 0.3) is 5.91 Å². The Bertz CT molecular complexity index is 626. The Morgan fingerprint density at radius 2 is 1.83 bits per heavy atom. The molecular formula is C20H28N2O2. The van der Waals surface area contributed by atoms with Gasteiger partial charge < -0.3 is 10.2 Å². The molecule has 3 rings (SSSR count). The maximum absolute atomic E-state index is 12.4. The first-order chi connectivity index (χ1) is 11.5. The van der Waals surface area contributed by atoms with Crippen molar-refractivity contribution in [3.8, 4) is 0 Å². The van der Waals surface area contributed by atoms with Crippen LogP contribution in [0.4, 0.5) is 0 Å². The quantitative estimate of drug-likeness (QED) is 0.927. The number of fused-ring (bicyclic) bond motifs is 1. The van der Waals surface area contributed by atoms with Gasteiger partial charge in [-0.25, -0.2) is 0 Å². The molecule has 1 aliphatic carbocycles. The standard InChI is InChI=1S/C20H28N2O2/c1-14-7-8-17(11-15(14)2)20(24)21-12-19(23)22-10-9-16-5-3-4-6-18(16)13-22/h7-8,11,16,18H,3-6,9-10,12-13H2,1-2H3,(H,21,24). The van der Waals surface area contributed by atoms with Crippen LogP contribution in [0.1, 0.15) is 53.6 Å². The summed E-state index contributed by atoms with van der Waals surface area (Å²) >= 11 is 0. The monoisotopic (exact) mass is 328 g/mol. The maximum atomic E-state index is 12.4. The van der Waals surface area contributed by atoms with Crippen LogP contribution in [0.25, 0.3) is 0 Å². The van der Waals surface area contributed by atoms with Crippen LogP contribution in [-0.2, 0) is 4.79 Å². The van der Waals surface area contributed by atoms with Gasteiger partial charge in [0.15, 0.2) is 0 Å². The Labute approximate surface area is 144 Å². The van der Waals surface area contributed by atoms with E-state index in [4.69, 9.17) is 0 Å². The number of likely N-dealkylation sites (tertiary alicyclic amines) is 1. The number of aryl methyl sites for hydroxylation is 2. The summed E-state index contributed by atoms with van der Waals surface area (Å²) in [7, 11) is 0. The van der Waals surface area contributed by atoms with Gasteiger partial charge in [-0.05, 0) is 61.8 Å². The van der Waals surface area contributed by atoms with E-state index >= 15 is 0 Å². The highest BCUT2D eigenvalue weighted by Gasteiger charge is 2.32. The molecule has 1 aliphatic heterocycles. The lowest BCUT2D eigenvalue weighted by Crippen LogP contribution is -2.48. The molecule has 4 heteroatoms. The summed E-state index contributed by atoms with van der Waals surface area (Å²) in [5.74, 6) is 1.37. The third kappa shape index (κ3) is 3.80. The minimum atomic E-state index is -0.168. The molecule has 24 heavy (non-hydrogen) atoms. The number of benzene rings is 1. The highest BCUT2D eigenvalue weighted by atomic mass is 16.2. The van der Waals surface area contributed by atoms with E-state index in [1.807, 2.05) is 36.9 Å². The van der Waals surface area contributed by atoms with E-state index in [0.29, 0.717) is 11.5 Å². The molecular weight excluding hydrogens is 300 g/mol. The summed E-state index contributed by atoms with van der Waals surface area (Å²) in [6.45, 7) is 5.84. The van der Waals surface area contributed by atoms with E-state index in [2.05, 4.69) is 5.32 Å². The fourth-order valence-corrected chi connectivity index (χ4v) is 4.08. The zero-order chi connectivity index (χ0) is 17.1. The highest BCUT2D eigenvalue weighted by Crippen LogP contribution is 2.35. The Morgan fingerprint density at radius 1 is 1.08 bits per heavy atom. The lowest BCUT2D eigenvalue weighted by atomic mass is 9.75. The summed E-state index contributed by atoms with van der Waals surface area (Å²) in [6.07, 6.45) is 6.36. The predicted molar refractivity (Wildman–Crippen MR) is 94.9 cm³/mol. The van der Waals surface area contributed by atoms with Gasteiger partial charge in [-0.3, -0.25) is 9.59 Å². The molecule has 2 atom stereocenters. The van der Waals surface area contributed by atoms with Crippen LogP contribution >= 0.6 is 0 Å². The Balaban J connectivity index is 1.51. The summed E-state index contributed by atoms with van der Waals surface area (Å²) in [5.41, 5.74) is 2.88. The van der Waals surface area contributed by atoms with Gasteiger partial charge in [0.1, 0.15) is 0 Å². The Kier molecular flexibility index (Phi) is 5.22. The highest BCUT2D eigenvalue weighted by molar-refractivity contribution is 5.96. The number of nitrogens with one attached hydrogen (secondary N) is 1. The first-order valence-electron chi connectivity index (χ1n) is 9.18. The van der Waals surface area contributed by atoms with E-state index in [1.165, 1.54) is 25.7 Å². The van der Waals surface area contributed by atoms with Gasteiger partial charge in [0, 0.05) is 18.7 Å². The molecule has 1 aromatic rings. The molecule has 130 valence electrons. The van der Waals surface area contributed by atoms with Crippen LogP contribution in [0.5, 0.6) is 0 Å². The molecule has 0 aromatic heterocycles. The molecule has 2 aliphatic rings. The van der Waals surface area contributed by atoms with Crippen molar-refractivity contribution >= 4 is 11.8 Å². The second kappa shape index (κ2) is 7.37. The number of rotatable bonds is 3. The van der Waals surface area contributed by atoms with Crippen LogP contribution in [0, 0.1) is 25.7 Å². The molecule has 0 radical (unpaired) electrons. The Morgan fingerprint density at radius 3 is 2.58 bits per heavy atom. The molecule has 2 fully saturated rings. The van der Waals surface area contributed by atoms with Crippen LogP contribution in [0.3, 0.4) is 0 Å². The van der Waals surface area contributed by atoms with Crippen LogP contribution in [0.15, 0.2) is 18.2 Å². The van der Waals surface area contributed by atoms with Crippen LogP contribution in [0.2, 0.25) is 0 Å². The molecule has 0 spiro atoms. The summed E-state index contributed by atoms with van der Waals surface area (Å²) in [4.78, 5) is 26.6. The van der Waals surface area contributed by atoms with Crippen LogP contribution < -0.4 is 5.32 Å². The van der Waals surface area contributed by atoms with E-state index in [-0.39, 0.29) is 18.4 Å². The molecule has 2 unspecified atom stereocenters. The molecule has 4 nitrogen and oxygen atoms in total. The maximum Gasteiger partial charge on any atom is 0.251 e. The molecule has 2 amide bonds. The fraction of sp³-hybridized carbons (Fsp3) is 0.600. The van der Waals surface area contributed by atoms with Gasteiger partial charge in [0.05, 0.1) is 6.54 Å². The molecule has 1 N–H and O–H groups in total. The van der Waals surface area contributed by atoms with E-state index in [9.17, 15) is 9.59 Å². The second-order valence-electron chi connectivity index (χ2n) is 7.41. The normalized spacial score (nSPS) is 23.5. The van der Waals surface area contributed by atoms with Crippen molar-refractivity contribution in [1.29, 1.82) is 0 Å². The molecule has 1 heterocycles. The lowest BCUT2D eigenvalue weighted by Gasteiger charge is -2.41. The SMILES string of the molecule is Cc1ccc(C(=O)NCC(=O)N2CCC3CCCCC3C2)cc1C. The van der Waals surface area contributed by atoms with Gasteiger partial charge >= 0.3 is 0 Å². The topological polar surface area (TPSA) is 49.4 Å². The number of hydrogen-bond acceptors (Lipinski definition) is 2. The van der Waals surface area contributed by atoms with Crippen LogP contribution in [-0.4, -0.2) is 36.3 Å². The average Bonchev–Trinajstić information content (AvgIpc) is 2.61. The number of nitrogens with zero attached hydrogens (tertiary/aromatic N) is 1. The van der Waals surface area contributed by atoms with Crippen molar-refractivity contribution in [2.45, 2.75) is 46.0 Å². The number of piperidine rings is 1. The zero-order valence-corrected chi connectivity index (χ0v) is 14.8. The second-order valence-corrected chi connectivity index (χ2v) is 7.41. The summed E-state index contributed by atoms with van der Waals surface area (Å²) < 4.78 is 0. The van der Waals surface area contributed by atoms with Crippen molar-refractivity contribution in [2.24, 2.45) is 11.8 Å². The predicted octanol–water partition coefficient (Wildman–Crippen LogP) is 3.07. The van der Waals surface area contributed by atoms with Crippen molar-refractivity contribution in [2.75, 3.05) is 19.6 Å². The van der Waals surface area contributed by atoms with Crippen molar-refractivity contribution in [3.05, 3.63) is 34.9 Å². The molecule has 1 aromatic carbocycles. The number of carbonyl (C=O) groups is 2. The average molecular weight is 328 g/mol. The Hall–Kier alpha value is -1.84. The van der Waals surface area contributed by atoms with Gasteiger partial charge in [0.2, 0.25) is 5.91 Å². The molecule has 0 bridgehead atoms. The van der Waals surface area contributed by atoms with E-state index in [1.54, 1.807) is 0 Å². The summed E-state index contributed by atoms with van der Waals surface area (Å²) in [6, 6.07) is 5.64. The number of amides is 2. The third-order valence-electron chi connectivity index (χ3n) is 5.81. The lowest BCUT2D eigenvalue weighted by molar-refractivity contribution is -0.133. The smallest absolute Gasteiger partial charge is 0.251 e. The largest absolute Gasteiger partial charge is 0.343 e. The first-order valence-corrected chi connectivity index (χ1v) is 9.18. The summed E-state index contributed by atoms with van der Waals surface area (Å²) in [5, 5.41) is 2.78. The minimum absolute atomic E-state index is 0.0520. The van der Waals surface area contributed by atoms with E-state index in [0.717, 1.165) is 36.6 Å². The number of carbonyl (C=O) groups excluding carboxylic acids is 2. The zero-order valence-electron chi connectivity index (χ0n) is 14.8. The van der Waals surface area contributed by atoms with Crippen molar-refractivity contribution < 1.29 is 9.59 Å².